The SMILES string of the molecule is CCCN(C(=O)c1c(C)ccn1C)C1CC(=O)N(C)C1=O. The lowest BCUT2D eigenvalue weighted by Crippen LogP contribution is -2.45. The van der Waals surface area contributed by atoms with Crippen molar-refractivity contribution in [3.8, 4) is 0 Å². The van der Waals surface area contributed by atoms with E-state index in [1.807, 2.05) is 26.1 Å². The number of imide groups is 1. The van der Waals surface area contributed by atoms with Crippen LogP contribution in [0.15, 0.2) is 12.3 Å². The smallest absolute Gasteiger partial charge is 0.271 e. The van der Waals surface area contributed by atoms with E-state index in [9.17, 15) is 14.4 Å². The summed E-state index contributed by atoms with van der Waals surface area (Å²) in [5.41, 5.74) is 1.44. The molecule has 1 aromatic rings. The lowest BCUT2D eigenvalue weighted by molar-refractivity contribution is -0.137. The van der Waals surface area contributed by atoms with Crippen LogP contribution in [0.5, 0.6) is 0 Å². The monoisotopic (exact) mass is 291 g/mol. The highest BCUT2D eigenvalue weighted by Gasteiger charge is 2.42. The van der Waals surface area contributed by atoms with Crippen molar-refractivity contribution >= 4 is 17.7 Å². The van der Waals surface area contributed by atoms with Crippen molar-refractivity contribution in [2.75, 3.05) is 13.6 Å². The molecule has 2 heterocycles. The van der Waals surface area contributed by atoms with Crippen molar-refractivity contribution in [2.45, 2.75) is 32.7 Å². The van der Waals surface area contributed by atoms with Crippen LogP contribution in [0.25, 0.3) is 0 Å². The maximum absolute atomic E-state index is 12.8. The topological polar surface area (TPSA) is 62.6 Å². The Bertz CT molecular complexity index is 571. The molecule has 3 amide bonds. The minimum Gasteiger partial charge on any atom is -0.346 e. The molecule has 2 rings (SSSR count). The molecule has 1 atom stereocenters. The Balaban J connectivity index is 2.34. The van der Waals surface area contributed by atoms with E-state index in [1.54, 1.807) is 11.6 Å². The molecule has 1 aliphatic heterocycles. The molecule has 0 saturated carbocycles. The summed E-state index contributed by atoms with van der Waals surface area (Å²) in [6.07, 6.45) is 2.63. The molecule has 1 aromatic heterocycles. The number of aromatic nitrogens is 1. The van der Waals surface area contributed by atoms with E-state index in [0.717, 1.165) is 16.9 Å². The minimum absolute atomic E-state index is 0.0740. The second-order valence-corrected chi connectivity index (χ2v) is 5.47. The van der Waals surface area contributed by atoms with Gasteiger partial charge in [-0.05, 0) is 25.0 Å². The Hall–Kier alpha value is -2.11. The molecular formula is C15H21N3O3. The van der Waals surface area contributed by atoms with E-state index in [-0.39, 0.29) is 24.1 Å². The third-order valence-electron chi connectivity index (χ3n) is 3.94. The van der Waals surface area contributed by atoms with Gasteiger partial charge in [-0.2, -0.15) is 0 Å². The van der Waals surface area contributed by atoms with Crippen LogP contribution in [-0.2, 0) is 16.6 Å². The van der Waals surface area contributed by atoms with Gasteiger partial charge >= 0.3 is 0 Å². The quantitative estimate of drug-likeness (QED) is 0.776. The number of aryl methyl sites for hydroxylation is 2. The van der Waals surface area contributed by atoms with Crippen molar-refractivity contribution in [3.63, 3.8) is 0 Å². The first-order valence-electron chi connectivity index (χ1n) is 7.11. The van der Waals surface area contributed by atoms with E-state index >= 15 is 0 Å². The maximum Gasteiger partial charge on any atom is 0.271 e. The van der Waals surface area contributed by atoms with E-state index < -0.39 is 6.04 Å². The van der Waals surface area contributed by atoms with Crippen molar-refractivity contribution in [3.05, 3.63) is 23.5 Å². The summed E-state index contributed by atoms with van der Waals surface area (Å²) in [6.45, 7) is 4.27. The fourth-order valence-corrected chi connectivity index (χ4v) is 2.73. The average Bonchev–Trinajstić information content (AvgIpc) is 2.90. The van der Waals surface area contributed by atoms with Crippen LogP contribution >= 0.6 is 0 Å². The fraction of sp³-hybridized carbons (Fsp3) is 0.533. The Kier molecular flexibility index (Phi) is 4.16. The Morgan fingerprint density at radius 2 is 2.05 bits per heavy atom. The Morgan fingerprint density at radius 1 is 1.38 bits per heavy atom. The summed E-state index contributed by atoms with van der Waals surface area (Å²) in [5.74, 6) is -0.723. The summed E-state index contributed by atoms with van der Waals surface area (Å²) < 4.78 is 1.76. The van der Waals surface area contributed by atoms with Crippen molar-refractivity contribution in [1.82, 2.24) is 14.4 Å². The van der Waals surface area contributed by atoms with Gasteiger partial charge in [0.2, 0.25) is 5.91 Å². The largest absolute Gasteiger partial charge is 0.346 e. The molecule has 114 valence electrons. The standard InChI is InChI=1S/C15H21N3O3/c1-5-7-18(11-9-12(19)17(4)14(11)20)15(21)13-10(2)6-8-16(13)3/h6,8,11H,5,7,9H2,1-4H3. The zero-order valence-electron chi connectivity index (χ0n) is 12.9. The first-order chi connectivity index (χ1) is 9.88. The van der Waals surface area contributed by atoms with Crippen LogP contribution in [0.4, 0.5) is 0 Å². The third-order valence-corrected chi connectivity index (χ3v) is 3.94. The number of carbonyl (C=O) groups is 3. The summed E-state index contributed by atoms with van der Waals surface area (Å²) in [5, 5.41) is 0. The van der Waals surface area contributed by atoms with E-state index in [4.69, 9.17) is 0 Å². The van der Waals surface area contributed by atoms with Gasteiger partial charge in [0.15, 0.2) is 0 Å². The molecule has 1 unspecified atom stereocenters. The molecule has 0 spiro atoms. The van der Waals surface area contributed by atoms with Gasteiger partial charge in [-0.25, -0.2) is 0 Å². The number of amides is 3. The van der Waals surface area contributed by atoms with Gasteiger partial charge in [-0.3, -0.25) is 19.3 Å². The van der Waals surface area contributed by atoms with Gasteiger partial charge in [0.05, 0.1) is 6.42 Å². The van der Waals surface area contributed by atoms with Crippen LogP contribution in [0, 0.1) is 6.92 Å². The molecule has 1 fully saturated rings. The number of carbonyl (C=O) groups excluding carboxylic acids is 3. The van der Waals surface area contributed by atoms with E-state index in [2.05, 4.69) is 0 Å². The number of rotatable bonds is 4. The molecule has 6 nitrogen and oxygen atoms in total. The van der Waals surface area contributed by atoms with E-state index in [1.165, 1.54) is 11.9 Å². The summed E-state index contributed by atoms with van der Waals surface area (Å²) in [6, 6.07) is 1.19. The number of likely N-dealkylation sites (N-methyl/N-ethyl adjacent to an activating group) is 1. The molecule has 0 radical (unpaired) electrons. The highest BCUT2D eigenvalue weighted by molar-refractivity contribution is 6.08. The van der Waals surface area contributed by atoms with Crippen LogP contribution < -0.4 is 0 Å². The molecule has 21 heavy (non-hydrogen) atoms. The van der Waals surface area contributed by atoms with Gasteiger partial charge in [0.1, 0.15) is 11.7 Å². The van der Waals surface area contributed by atoms with Gasteiger partial charge in [0.25, 0.3) is 11.8 Å². The average molecular weight is 291 g/mol. The molecule has 0 N–H and O–H groups in total. The zero-order chi connectivity index (χ0) is 15.7. The first-order valence-corrected chi connectivity index (χ1v) is 7.11. The van der Waals surface area contributed by atoms with Crippen LogP contribution in [0.1, 0.15) is 35.8 Å². The molecule has 0 bridgehead atoms. The van der Waals surface area contributed by atoms with Crippen LogP contribution in [0.3, 0.4) is 0 Å². The third kappa shape index (κ3) is 2.57. The van der Waals surface area contributed by atoms with Gasteiger partial charge in [-0.1, -0.05) is 6.92 Å². The first kappa shape index (κ1) is 15.3. The second-order valence-electron chi connectivity index (χ2n) is 5.47. The Labute approximate surface area is 124 Å². The van der Waals surface area contributed by atoms with Crippen molar-refractivity contribution < 1.29 is 14.4 Å². The Morgan fingerprint density at radius 3 is 2.48 bits per heavy atom. The molecule has 6 heteroatoms. The van der Waals surface area contributed by atoms with Crippen LogP contribution in [-0.4, -0.2) is 51.7 Å². The fourth-order valence-electron chi connectivity index (χ4n) is 2.73. The number of hydrogen-bond donors (Lipinski definition) is 0. The number of likely N-dealkylation sites (tertiary alicyclic amines) is 1. The van der Waals surface area contributed by atoms with Gasteiger partial charge < -0.3 is 9.47 Å². The molecule has 0 aromatic carbocycles. The molecule has 1 aliphatic rings. The minimum atomic E-state index is -0.677. The number of nitrogens with zero attached hydrogens (tertiary/aromatic N) is 3. The normalized spacial score (nSPS) is 18.5. The van der Waals surface area contributed by atoms with Gasteiger partial charge in [0, 0.05) is 26.8 Å². The maximum atomic E-state index is 12.8. The van der Waals surface area contributed by atoms with Gasteiger partial charge in [-0.15, -0.1) is 0 Å². The predicted molar refractivity (Wildman–Crippen MR) is 77.7 cm³/mol. The van der Waals surface area contributed by atoms with E-state index in [0.29, 0.717) is 12.2 Å². The number of hydrogen-bond acceptors (Lipinski definition) is 3. The summed E-state index contributed by atoms with van der Waals surface area (Å²) in [4.78, 5) is 39.3. The zero-order valence-corrected chi connectivity index (χ0v) is 12.9. The second kappa shape index (κ2) is 5.71. The van der Waals surface area contributed by atoms with Crippen molar-refractivity contribution in [2.24, 2.45) is 7.05 Å². The highest BCUT2D eigenvalue weighted by atomic mass is 16.2. The summed E-state index contributed by atoms with van der Waals surface area (Å²) in [7, 11) is 3.27. The van der Waals surface area contributed by atoms with Crippen molar-refractivity contribution in [1.29, 1.82) is 0 Å². The van der Waals surface area contributed by atoms with Crippen LogP contribution in [0.2, 0.25) is 0 Å². The lowest BCUT2D eigenvalue weighted by atomic mass is 10.1. The summed E-state index contributed by atoms with van der Waals surface area (Å²) >= 11 is 0. The lowest BCUT2D eigenvalue weighted by Gasteiger charge is -2.27. The molecule has 1 saturated heterocycles. The predicted octanol–water partition coefficient (Wildman–Crippen LogP) is 0.943. The molecular weight excluding hydrogens is 270 g/mol. The molecule has 0 aliphatic carbocycles. The highest BCUT2D eigenvalue weighted by Crippen LogP contribution is 2.21.